The minimum absolute atomic E-state index is 0.201. The summed E-state index contributed by atoms with van der Waals surface area (Å²) in [5.74, 6) is 1.24. The minimum Gasteiger partial charge on any atom is -0.490 e. The van der Waals surface area contributed by atoms with Crippen LogP contribution in [0.2, 0.25) is 0 Å². The van der Waals surface area contributed by atoms with Crippen LogP contribution in [0.3, 0.4) is 0 Å². The monoisotopic (exact) mass is 311 g/mol. The van der Waals surface area contributed by atoms with Crippen LogP contribution in [-0.4, -0.2) is 18.6 Å². The Morgan fingerprint density at radius 3 is 2.57 bits per heavy atom. The molecule has 0 bridgehead atoms. The van der Waals surface area contributed by atoms with Gasteiger partial charge in [0, 0.05) is 5.69 Å². The lowest BCUT2D eigenvalue weighted by molar-refractivity contribution is -0.122. The van der Waals surface area contributed by atoms with E-state index in [2.05, 4.69) is 11.9 Å². The molecule has 0 aliphatic rings. The largest absolute Gasteiger partial charge is 0.490 e. The van der Waals surface area contributed by atoms with Gasteiger partial charge in [-0.15, -0.1) is 0 Å². The molecule has 1 amide bonds. The predicted molar refractivity (Wildman–Crippen MR) is 92.0 cm³/mol. The Morgan fingerprint density at radius 1 is 1.22 bits per heavy atom. The predicted octanol–water partition coefficient (Wildman–Crippen LogP) is 3.97. The molecule has 23 heavy (non-hydrogen) atoms. The molecule has 0 aliphatic heterocycles. The lowest BCUT2D eigenvalue weighted by Crippen LogP contribution is -2.30. The summed E-state index contributed by atoms with van der Waals surface area (Å²) in [5, 5.41) is 2.83. The zero-order valence-corrected chi connectivity index (χ0v) is 13.4. The summed E-state index contributed by atoms with van der Waals surface area (Å²) in [6.07, 6.45) is 1.09. The summed E-state index contributed by atoms with van der Waals surface area (Å²) in [7, 11) is 0. The maximum Gasteiger partial charge on any atom is 0.265 e. The van der Waals surface area contributed by atoms with Gasteiger partial charge in [-0.2, -0.15) is 0 Å². The van der Waals surface area contributed by atoms with Crippen molar-refractivity contribution in [2.45, 2.75) is 20.0 Å². The highest BCUT2D eigenvalue weighted by molar-refractivity contribution is 5.94. The fraction of sp³-hybridized carbons (Fsp3) is 0.211. The summed E-state index contributed by atoms with van der Waals surface area (Å²) < 4.78 is 11.1. The van der Waals surface area contributed by atoms with Gasteiger partial charge < -0.3 is 14.8 Å². The Balaban J connectivity index is 1.93. The first kappa shape index (κ1) is 16.6. The third kappa shape index (κ3) is 4.88. The summed E-state index contributed by atoms with van der Waals surface area (Å²) in [6.45, 7) is 7.72. The molecular formula is C19H21NO3. The quantitative estimate of drug-likeness (QED) is 0.787. The van der Waals surface area contributed by atoms with E-state index < -0.39 is 6.10 Å². The van der Waals surface area contributed by atoms with Crippen molar-refractivity contribution in [2.75, 3.05) is 11.9 Å². The van der Waals surface area contributed by atoms with E-state index in [1.165, 1.54) is 0 Å². The number of aryl methyl sites for hydroxylation is 1. The number of carbonyl (C=O) groups excluding carboxylic acids is 1. The SMILES string of the molecule is C=CCOc1ccc(NC(=O)[C@H](C)Oc2ccccc2C)cc1. The minimum atomic E-state index is -0.590. The Bertz CT molecular complexity index is 665. The summed E-state index contributed by atoms with van der Waals surface area (Å²) in [4.78, 5) is 12.2. The normalized spacial score (nSPS) is 11.4. The molecule has 0 radical (unpaired) electrons. The summed E-state index contributed by atoms with van der Waals surface area (Å²) >= 11 is 0. The lowest BCUT2D eigenvalue weighted by Gasteiger charge is -2.16. The van der Waals surface area contributed by atoms with Crippen LogP contribution < -0.4 is 14.8 Å². The topological polar surface area (TPSA) is 47.6 Å². The Morgan fingerprint density at radius 2 is 1.91 bits per heavy atom. The maximum absolute atomic E-state index is 12.2. The molecule has 0 heterocycles. The van der Waals surface area contributed by atoms with Crippen LogP contribution in [0, 0.1) is 6.92 Å². The molecule has 0 aliphatic carbocycles. The van der Waals surface area contributed by atoms with Gasteiger partial charge in [0.25, 0.3) is 5.91 Å². The van der Waals surface area contributed by atoms with E-state index in [0.29, 0.717) is 18.0 Å². The van der Waals surface area contributed by atoms with E-state index in [-0.39, 0.29) is 5.91 Å². The smallest absolute Gasteiger partial charge is 0.265 e. The second-order valence-electron chi connectivity index (χ2n) is 5.14. The van der Waals surface area contributed by atoms with E-state index in [9.17, 15) is 4.79 Å². The van der Waals surface area contributed by atoms with Gasteiger partial charge in [0.15, 0.2) is 6.10 Å². The fourth-order valence-electron chi connectivity index (χ4n) is 1.97. The van der Waals surface area contributed by atoms with E-state index in [1.807, 2.05) is 31.2 Å². The van der Waals surface area contributed by atoms with Crippen LogP contribution in [0.15, 0.2) is 61.2 Å². The fourth-order valence-corrected chi connectivity index (χ4v) is 1.97. The van der Waals surface area contributed by atoms with Crippen molar-refractivity contribution in [2.24, 2.45) is 0 Å². The maximum atomic E-state index is 12.2. The van der Waals surface area contributed by atoms with Crippen molar-refractivity contribution in [3.63, 3.8) is 0 Å². The van der Waals surface area contributed by atoms with Gasteiger partial charge in [-0.25, -0.2) is 0 Å². The van der Waals surface area contributed by atoms with Gasteiger partial charge in [0.05, 0.1) is 0 Å². The van der Waals surface area contributed by atoms with Crippen LogP contribution in [0.1, 0.15) is 12.5 Å². The molecule has 2 aromatic rings. The standard InChI is InChI=1S/C19H21NO3/c1-4-13-22-17-11-9-16(10-12-17)20-19(21)15(3)23-18-8-6-5-7-14(18)2/h4-12,15H,1,13H2,2-3H3,(H,20,21)/t15-/m0/s1. The molecule has 0 saturated heterocycles. The number of hydrogen-bond donors (Lipinski definition) is 1. The van der Waals surface area contributed by atoms with E-state index in [0.717, 1.165) is 11.3 Å². The van der Waals surface area contributed by atoms with Gasteiger partial charge in [0.1, 0.15) is 18.1 Å². The van der Waals surface area contributed by atoms with Crippen LogP contribution >= 0.6 is 0 Å². The number of para-hydroxylation sites is 1. The van der Waals surface area contributed by atoms with Gasteiger partial charge >= 0.3 is 0 Å². The third-order valence-corrected chi connectivity index (χ3v) is 3.26. The molecule has 120 valence electrons. The zero-order chi connectivity index (χ0) is 16.7. The highest BCUT2D eigenvalue weighted by Gasteiger charge is 2.15. The van der Waals surface area contributed by atoms with Gasteiger partial charge in [0.2, 0.25) is 0 Å². The number of rotatable bonds is 7. The van der Waals surface area contributed by atoms with Crippen molar-refractivity contribution in [3.8, 4) is 11.5 Å². The molecule has 0 fully saturated rings. The summed E-state index contributed by atoms with van der Waals surface area (Å²) in [5.41, 5.74) is 1.69. The molecule has 1 atom stereocenters. The van der Waals surface area contributed by atoms with Gasteiger partial charge in [-0.1, -0.05) is 30.9 Å². The van der Waals surface area contributed by atoms with Crippen molar-refractivity contribution in [1.29, 1.82) is 0 Å². The molecule has 2 rings (SSSR count). The molecular weight excluding hydrogens is 290 g/mol. The molecule has 2 aromatic carbocycles. The van der Waals surface area contributed by atoms with Crippen LogP contribution in [0.5, 0.6) is 11.5 Å². The Hall–Kier alpha value is -2.75. The van der Waals surface area contributed by atoms with Crippen molar-refractivity contribution in [3.05, 3.63) is 66.7 Å². The van der Waals surface area contributed by atoms with E-state index in [4.69, 9.17) is 9.47 Å². The number of anilines is 1. The highest BCUT2D eigenvalue weighted by Crippen LogP contribution is 2.19. The molecule has 1 N–H and O–H groups in total. The van der Waals surface area contributed by atoms with Crippen molar-refractivity contribution in [1.82, 2.24) is 0 Å². The first-order valence-corrected chi connectivity index (χ1v) is 7.47. The van der Waals surface area contributed by atoms with Crippen molar-refractivity contribution >= 4 is 11.6 Å². The number of benzene rings is 2. The number of hydrogen-bond acceptors (Lipinski definition) is 3. The third-order valence-electron chi connectivity index (χ3n) is 3.26. The number of amides is 1. The Labute approximate surface area is 136 Å². The molecule has 4 heteroatoms. The molecule has 4 nitrogen and oxygen atoms in total. The second-order valence-corrected chi connectivity index (χ2v) is 5.14. The Kier molecular flexibility index (Phi) is 5.80. The van der Waals surface area contributed by atoms with Crippen LogP contribution in [0.4, 0.5) is 5.69 Å². The number of carbonyl (C=O) groups is 1. The molecule has 0 spiro atoms. The lowest BCUT2D eigenvalue weighted by atomic mass is 10.2. The van der Waals surface area contributed by atoms with Gasteiger partial charge in [-0.3, -0.25) is 4.79 Å². The number of ether oxygens (including phenoxy) is 2. The molecule has 0 unspecified atom stereocenters. The highest BCUT2D eigenvalue weighted by atomic mass is 16.5. The first-order valence-electron chi connectivity index (χ1n) is 7.47. The van der Waals surface area contributed by atoms with Crippen LogP contribution in [-0.2, 0) is 4.79 Å². The summed E-state index contributed by atoms with van der Waals surface area (Å²) in [6, 6.07) is 14.8. The van der Waals surface area contributed by atoms with Crippen molar-refractivity contribution < 1.29 is 14.3 Å². The average molecular weight is 311 g/mol. The molecule has 0 aromatic heterocycles. The average Bonchev–Trinajstić information content (AvgIpc) is 2.56. The van der Waals surface area contributed by atoms with Crippen LogP contribution in [0.25, 0.3) is 0 Å². The van der Waals surface area contributed by atoms with E-state index >= 15 is 0 Å². The van der Waals surface area contributed by atoms with E-state index in [1.54, 1.807) is 37.3 Å². The second kappa shape index (κ2) is 8.03. The molecule has 0 saturated carbocycles. The first-order chi connectivity index (χ1) is 11.1. The zero-order valence-electron chi connectivity index (χ0n) is 13.4. The number of nitrogens with one attached hydrogen (secondary N) is 1. The van der Waals surface area contributed by atoms with Gasteiger partial charge in [-0.05, 0) is 49.7 Å².